The molecular weight excluding hydrogens is 286 g/mol. The second kappa shape index (κ2) is 7.47. The van der Waals surface area contributed by atoms with E-state index >= 15 is 0 Å². The maximum Gasteiger partial charge on any atom is 0.263 e. The summed E-state index contributed by atoms with van der Waals surface area (Å²) in [6, 6.07) is 0. The van der Waals surface area contributed by atoms with Gasteiger partial charge < -0.3 is 21.1 Å². The highest BCUT2D eigenvalue weighted by Crippen LogP contribution is 2.50. The minimum absolute atomic E-state index is 0.121. The molecule has 1 saturated carbocycles. The van der Waals surface area contributed by atoms with Crippen molar-refractivity contribution < 1.29 is 9.53 Å². The molecule has 4 N–H and O–H groups in total. The molecule has 1 aliphatic carbocycles. The number of nitrogens with two attached hydrogens (primary N) is 1. The molecule has 0 radical (unpaired) electrons. The molecule has 1 amide bonds. The minimum atomic E-state index is -0.121. The van der Waals surface area contributed by atoms with Gasteiger partial charge in [-0.05, 0) is 25.2 Å². The van der Waals surface area contributed by atoms with Crippen molar-refractivity contribution in [2.75, 3.05) is 37.9 Å². The predicted octanol–water partition coefficient (Wildman–Crippen LogP) is 2.57. The average Bonchev–Trinajstić information content (AvgIpc) is 3.25. The Morgan fingerprint density at radius 1 is 1.57 bits per heavy atom. The normalized spacial score (nSPS) is 14.0. The van der Waals surface area contributed by atoms with Gasteiger partial charge in [0.25, 0.3) is 5.91 Å². The van der Waals surface area contributed by atoms with Crippen molar-refractivity contribution in [3.63, 3.8) is 0 Å². The van der Waals surface area contributed by atoms with Gasteiger partial charge in [0.15, 0.2) is 0 Å². The molecule has 2 rings (SSSR count). The Morgan fingerprint density at radius 2 is 2.33 bits per heavy atom. The monoisotopic (exact) mass is 309 g/mol. The van der Waals surface area contributed by atoms with Crippen LogP contribution in [-0.4, -0.2) is 32.7 Å². The summed E-state index contributed by atoms with van der Waals surface area (Å²) in [5.41, 5.74) is 7.97. The molecule has 0 atom stereocenters. The van der Waals surface area contributed by atoms with Crippen LogP contribution in [0.15, 0.2) is 12.7 Å². The Morgan fingerprint density at radius 3 is 2.95 bits per heavy atom. The van der Waals surface area contributed by atoms with Crippen molar-refractivity contribution in [2.45, 2.75) is 25.2 Å². The summed E-state index contributed by atoms with van der Waals surface area (Å²) >= 11 is 1.45. The van der Waals surface area contributed by atoms with Crippen LogP contribution in [0, 0.1) is 0 Å². The van der Waals surface area contributed by atoms with E-state index in [0.717, 1.165) is 43.0 Å². The Labute approximate surface area is 129 Å². The lowest BCUT2D eigenvalue weighted by Crippen LogP contribution is -2.23. The third kappa shape index (κ3) is 3.98. The van der Waals surface area contributed by atoms with E-state index in [1.807, 2.05) is 0 Å². The van der Waals surface area contributed by atoms with E-state index in [1.54, 1.807) is 13.2 Å². The number of carbonyl (C=O) groups is 1. The third-order valence-corrected chi connectivity index (χ3v) is 4.57. The molecule has 21 heavy (non-hydrogen) atoms. The van der Waals surface area contributed by atoms with Crippen LogP contribution in [0.3, 0.4) is 0 Å². The first-order valence-electron chi connectivity index (χ1n) is 7.23. The summed E-state index contributed by atoms with van der Waals surface area (Å²) < 4.78 is 5.05. The zero-order valence-electron chi connectivity index (χ0n) is 12.4. The molecule has 1 fully saturated rings. The van der Waals surface area contributed by atoms with Crippen molar-refractivity contribution >= 4 is 27.9 Å². The molecular formula is C15H23N3O2S. The molecule has 1 aliphatic rings. The molecule has 5 nitrogen and oxygen atoms in total. The molecule has 0 aromatic carbocycles. The number of nitrogens with one attached hydrogen (secondary N) is 2. The quantitative estimate of drug-likeness (QED) is 0.484. The number of hydrogen-bond acceptors (Lipinski definition) is 5. The van der Waals surface area contributed by atoms with E-state index in [4.69, 9.17) is 10.5 Å². The summed E-state index contributed by atoms with van der Waals surface area (Å²) in [6.07, 6.45) is 4.90. The van der Waals surface area contributed by atoms with E-state index < -0.39 is 0 Å². The number of amides is 1. The highest BCUT2D eigenvalue weighted by Gasteiger charge is 2.32. The van der Waals surface area contributed by atoms with Crippen molar-refractivity contribution in [3.8, 4) is 0 Å². The van der Waals surface area contributed by atoms with Crippen molar-refractivity contribution in [1.29, 1.82) is 0 Å². The van der Waals surface area contributed by atoms with E-state index in [0.29, 0.717) is 23.0 Å². The van der Waals surface area contributed by atoms with Crippen LogP contribution in [0.1, 0.15) is 40.4 Å². The molecule has 0 unspecified atom stereocenters. The van der Waals surface area contributed by atoms with Gasteiger partial charge in [-0.25, -0.2) is 0 Å². The van der Waals surface area contributed by atoms with Crippen molar-refractivity contribution in [3.05, 3.63) is 23.1 Å². The minimum Gasteiger partial charge on any atom is -0.397 e. The second-order valence-corrected chi connectivity index (χ2v) is 6.15. The summed E-state index contributed by atoms with van der Waals surface area (Å²) in [6.45, 7) is 5.59. The van der Waals surface area contributed by atoms with Gasteiger partial charge in [0.2, 0.25) is 0 Å². The predicted molar refractivity (Wildman–Crippen MR) is 88.2 cm³/mol. The van der Waals surface area contributed by atoms with Crippen LogP contribution in [0.2, 0.25) is 0 Å². The molecule has 6 heteroatoms. The lowest BCUT2D eigenvalue weighted by atomic mass is 10.1. The van der Waals surface area contributed by atoms with Gasteiger partial charge in [-0.3, -0.25) is 4.79 Å². The van der Waals surface area contributed by atoms with Crippen LogP contribution in [-0.2, 0) is 4.74 Å². The van der Waals surface area contributed by atoms with Gasteiger partial charge >= 0.3 is 0 Å². The van der Waals surface area contributed by atoms with Gasteiger partial charge in [-0.2, -0.15) is 0 Å². The molecule has 0 spiro atoms. The molecule has 116 valence electrons. The number of hydrogen-bond donors (Lipinski definition) is 3. The summed E-state index contributed by atoms with van der Waals surface area (Å²) in [5.74, 6) is 0.386. The number of thiophene rings is 1. The zero-order valence-corrected chi connectivity index (χ0v) is 13.2. The Bertz CT molecular complexity index is 509. The van der Waals surface area contributed by atoms with Gasteiger partial charge in [0.05, 0.1) is 10.7 Å². The fourth-order valence-corrected chi connectivity index (χ4v) is 3.35. The standard InChI is InChI=1S/C15H23N3O2S/c1-3-7-17-14(19)13-12(16)11(10-5-6-10)15(21-13)18-8-4-9-20-2/h3,10,18H,1,4-9,16H2,2H3,(H,17,19). The van der Waals surface area contributed by atoms with E-state index in [1.165, 1.54) is 11.3 Å². The number of ether oxygens (including phenoxy) is 1. The first-order valence-corrected chi connectivity index (χ1v) is 8.04. The summed E-state index contributed by atoms with van der Waals surface area (Å²) in [4.78, 5) is 12.7. The number of methoxy groups -OCH3 is 1. The van der Waals surface area contributed by atoms with Crippen LogP contribution < -0.4 is 16.4 Å². The molecule has 0 saturated heterocycles. The largest absolute Gasteiger partial charge is 0.397 e. The Kier molecular flexibility index (Phi) is 5.64. The van der Waals surface area contributed by atoms with Crippen LogP contribution in [0.5, 0.6) is 0 Å². The number of rotatable bonds is 9. The van der Waals surface area contributed by atoms with Crippen LogP contribution >= 0.6 is 11.3 Å². The number of carbonyl (C=O) groups excluding carboxylic acids is 1. The first kappa shape index (κ1) is 15.9. The highest BCUT2D eigenvalue weighted by molar-refractivity contribution is 7.18. The molecule has 1 aromatic heterocycles. The Balaban J connectivity index is 2.11. The van der Waals surface area contributed by atoms with Gasteiger partial charge in [0, 0.05) is 32.4 Å². The topological polar surface area (TPSA) is 76.4 Å². The average molecular weight is 309 g/mol. The third-order valence-electron chi connectivity index (χ3n) is 3.39. The van der Waals surface area contributed by atoms with Gasteiger partial charge in [0.1, 0.15) is 4.88 Å². The smallest absolute Gasteiger partial charge is 0.263 e. The SMILES string of the molecule is C=CCNC(=O)c1sc(NCCCOC)c(C2CC2)c1N. The zero-order chi connectivity index (χ0) is 15.2. The second-order valence-electron chi connectivity index (χ2n) is 5.13. The Hall–Kier alpha value is -1.53. The molecule has 1 aromatic rings. The van der Waals surface area contributed by atoms with Crippen molar-refractivity contribution in [2.24, 2.45) is 0 Å². The molecule has 0 aliphatic heterocycles. The first-order chi connectivity index (χ1) is 10.2. The summed E-state index contributed by atoms with van der Waals surface area (Å²) in [7, 11) is 1.70. The van der Waals surface area contributed by atoms with Crippen molar-refractivity contribution in [1.82, 2.24) is 5.32 Å². The van der Waals surface area contributed by atoms with E-state index in [9.17, 15) is 4.79 Å². The molecule has 0 bridgehead atoms. The number of anilines is 2. The van der Waals surface area contributed by atoms with Gasteiger partial charge in [-0.1, -0.05) is 6.08 Å². The number of nitrogen functional groups attached to an aromatic ring is 1. The summed E-state index contributed by atoms with van der Waals surface area (Å²) in [5, 5.41) is 7.23. The van der Waals surface area contributed by atoms with Crippen LogP contribution in [0.25, 0.3) is 0 Å². The maximum absolute atomic E-state index is 12.1. The highest BCUT2D eigenvalue weighted by atomic mass is 32.1. The van der Waals surface area contributed by atoms with Gasteiger partial charge in [-0.15, -0.1) is 17.9 Å². The maximum atomic E-state index is 12.1. The van der Waals surface area contributed by atoms with E-state index in [-0.39, 0.29) is 5.91 Å². The lowest BCUT2D eigenvalue weighted by Gasteiger charge is -2.06. The molecule has 1 heterocycles. The van der Waals surface area contributed by atoms with E-state index in [2.05, 4.69) is 17.2 Å². The van der Waals surface area contributed by atoms with Crippen LogP contribution in [0.4, 0.5) is 10.7 Å². The lowest BCUT2D eigenvalue weighted by molar-refractivity contribution is 0.0963. The fourth-order valence-electron chi connectivity index (χ4n) is 2.20. The fraction of sp³-hybridized carbons (Fsp3) is 0.533.